The zero-order valence-electron chi connectivity index (χ0n) is 9.02. The molecule has 5 heteroatoms. The van der Waals surface area contributed by atoms with E-state index in [4.69, 9.17) is 11.6 Å². The van der Waals surface area contributed by atoms with Gasteiger partial charge in [0.15, 0.2) is 0 Å². The van der Waals surface area contributed by atoms with E-state index in [9.17, 15) is 0 Å². The molecule has 0 spiro atoms. The van der Waals surface area contributed by atoms with E-state index in [1.165, 1.54) is 12.7 Å². The predicted molar refractivity (Wildman–Crippen MR) is 61.3 cm³/mol. The van der Waals surface area contributed by atoms with E-state index in [2.05, 4.69) is 33.9 Å². The highest BCUT2D eigenvalue weighted by Crippen LogP contribution is 2.20. The number of hydrogen-bond acceptors (Lipinski definition) is 4. The summed E-state index contributed by atoms with van der Waals surface area (Å²) in [5.74, 6) is 0.898. The molecule has 0 N–H and O–H groups in total. The number of likely N-dealkylation sites (tertiary alicyclic amines) is 1. The number of likely N-dealkylation sites (N-methyl/N-ethyl adjacent to an activating group) is 2. The van der Waals surface area contributed by atoms with Gasteiger partial charge in [-0.05, 0) is 20.0 Å². The Labute approximate surface area is 94.9 Å². The van der Waals surface area contributed by atoms with Crippen LogP contribution in [0.3, 0.4) is 0 Å². The van der Waals surface area contributed by atoms with Crippen molar-refractivity contribution in [2.24, 2.45) is 0 Å². The maximum atomic E-state index is 5.84. The molecule has 1 saturated heterocycles. The third kappa shape index (κ3) is 2.38. The molecule has 0 amide bonds. The summed E-state index contributed by atoms with van der Waals surface area (Å²) in [5.41, 5.74) is 0. The minimum Gasteiger partial charge on any atom is -0.355 e. The van der Waals surface area contributed by atoms with Gasteiger partial charge in [-0.1, -0.05) is 11.6 Å². The van der Waals surface area contributed by atoms with Gasteiger partial charge in [-0.2, -0.15) is 0 Å². The number of nitrogens with zero attached hydrogens (tertiary/aromatic N) is 4. The summed E-state index contributed by atoms with van der Waals surface area (Å²) in [4.78, 5) is 12.6. The van der Waals surface area contributed by atoms with Gasteiger partial charge in [0, 0.05) is 25.7 Å². The van der Waals surface area contributed by atoms with E-state index in [0.29, 0.717) is 11.2 Å². The van der Waals surface area contributed by atoms with Crippen molar-refractivity contribution in [3.63, 3.8) is 0 Å². The van der Waals surface area contributed by atoms with E-state index in [-0.39, 0.29) is 0 Å². The summed E-state index contributed by atoms with van der Waals surface area (Å²) in [6.07, 6.45) is 2.68. The van der Waals surface area contributed by atoms with E-state index < -0.39 is 0 Å². The van der Waals surface area contributed by atoms with Crippen molar-refractivity contribution in [1.82, 2.24) is 14.9 Å². The fourth-order valence-corrected chi connectivity index (χ4v) is 2.07. The van der Waals surface area contributed by atoms with Crippen molar-refractivity contribution in [2.75, 3.05) is 32.1 Å². The van der Waals surface area contributed by atoms with Crippen molar-refractivity contribution >= 4 is 17.4 Å². The lowest BCUT2D eigenvalue weighted by Gasteiger charge is -2.25. The van der Waals surface area contributed by atoms with Gasteiger partial charge in [0.2, 0.25) is 0 Å². The van der Waals surface area contributed by atoms with Crippen LogP contribution < -0.4 is 4.90 Å². The molecule has 0 radical (unpaired) electrons. The summed E-state index contributed by atoms with van der Waals surface area (Å²) in [6.45, 7) is 2.23. The smallest absolute Gasteiger partial charge is 0.134 e. The van der Waals surface area contributed by atoms with Crippen LogP contribution in [-0.2, 0) is 0 Å². The van der Waals surface area contributed by atoms with Gasteiger partial charge in [-0.3, -0.25) is 0 Å². The Morgan fingerprint density at radius 3 is 2.93 bits per heavy atom. The third-order valence-corrected chi connectivity index (χ3v) is 3.10. The van der Waals surface area contributed by atoms with Crippen molar-refractivity contribution in [3.8, 4) is 0 Å². The van der Waals surface area contributed by atoms with Crippen LogP contribution in [0.25, 0.3) is 0 Å². The molecule has 15 heavy (non-hydrogen) atoms. The van der Waals surface area contributed by atoms with Gasteiger partial charge in [-0.25, -0.2) is 9.97 Å². The molecular formula is C10H15ClN4. The van der Waals surface area contributed by atoms with E-state index >= 15 is 0 Å². The summed E-state index contributed by atoms with van der Waals surface area (Å²) >= 11 is 5.84. The number of anilines is 1. The van der Waals surface area contributed by atoms with E-state index in [1.54, 1.807) is 6.07 Å². The lowest BCUT2D eigenvalue weighted by atomic mass is 10.2. The Bertz CT molecular complexity index is 344. The van der Waals surface area contributed by atoms with Crippen molar-refractivity contribution in [3.05, 3.63) is 17.5 Å². The topological polar surface area (TPSA) is 32.3 Å². The molecule has 1 aromatic heterocycles. The normalized spacial score (nSPS) is 21.9. The molecule has 1 aromatic rings. The zero-order valence-corrected chi connectivity index (χ0v) is 9.78. The molecule has 4 nitrogen and oxygen atoms in total. The van der Waals surface area contributed by atoms with Gasteiger partial charge in [0.05, 0.1) is 0 Å². The molecule has 2 rings (SSSR count). The molecule has 1 fully saturated rings. The zero-order chi connectivity index (χ0) is 10.8. The fourth-order valence-electron chi connectivity index (χ4n) is 1.93. The second kappa shape index (κ2) is 4.33. The van der Waals surface area contributed by atoms with Crippen LogP contribution in [0.5, 0.6) is 0 Å². The van der Waals surface area contributed by atoms with Gasteiger partial charge in [-0.15, -0.1) is 0 Å². The Hall–Kier alpha value is -0.870. The molecule has 0 saturated carbocycles. The van der Waals surface area contributed by atoms with Crippen molar-refractivity contribution in [2.45, 2.75) is 12.5 Å². The summed E-state index contributed by atoms with van der Waals surface area (Å²) in [7, 11) is 4.20. The average molecular weight is 227 g/mol. The van der Waals surface area contributed by atoms with Crippen LogP contribution >= 0.6 is 11.6 Å². The van der Waals surface area contributed by atoms with Gasteiger partial charge in [0.25, 0.3) is 0 Å². The molecule has 2 heterocycles. The minimum atomic E-state index is 0.498. The first-order valence-electron chi connectivity index (χ1n) is 5.06. The summed E-state index contributed by atoms with van der Waals surface area (Å²) in [6, 6.07) is 2.33. The Kier molecular flexibility index (Phi) is 3.07. The predicted octanol–water partition coefficient (Wildman–Crippen LogP) is 1.27. The van der Waals surface area contributed by atoms with Crippen LogP contribution in [0.1, 0.15) is 6.42 Å². The van der Waals surface area contributed by atoms with Crippen LogP contribution in [0.15, 0.2) is 12.4 Å². The van der Waals surface area contributed by atoms with Gasteiger partial charge < -0.3 is 9.80 Å². The van der Waals surface area contributed by atoms with Crippen LogP contribution in [0, 0.1) is 0 Å². The van der Waals surface area contributed by atoms with Crippen molar-refractivity contribution in [1.29, 1.82) is 0 Å². The standard InChI is InChI=1S/C10H15ClN4/c1-14-4-3-8(6-14)15(2)10-5-9(11)12-7-13-10/h5,7-8H,3-4,6H2,1-2H3. The second-order valence-electron chi connectivity index (χ2n) is 4.01. The largest absolute Gasteiger partial charge is 0.355 e. The fraction of sp³-hybridized carbons (Fsp3) is 0.600. The molecule has 0 aromatic carbocycles. The highest BCUT2D eigenvalue weighted by Gasteiger charge is 2.24. The third-order valence-electron chi connectivity index (χ3n) is 2.89. The lowest BCUT2D eigenvalue weighted by Crippen LogP contribution is -2.34. The first kappa shape index (κ1) is 10.6. The summed E-state index contributed by atoms with van der Waals surface area (Å²) in [5, 5.41) is 0.498. The maximum Gasteiger partial charge on any atom is 0.134 e. The first-order valence-corrected chi connectivity index (χ1v) is 5.43. The summed E-state index contributed by atoms with van der Waals surface area (Å²) < 4.78 is 0. The van der Waals surface area contributed by atoms with Gasteiger partial charge >= 0.3 is 0 Å². The van der Waals surface area contributed by atoms with Crippen LogP contribution in [0.4, 0.5) is 5.82 Å². The molecule has 1 aliphatic rings. The van der Waals surface area contributed by atoms with E-state index in [1.807, 2.05) is 0 Å². The molecule has 1 aliphatic heterocycles. The highest BCUT2D eigenvalue weighted by molar-refractivity contribution is 6.29. The monoisotopic (exact) mass is 226 g/mol. The molecule has 0 aliphatic carbocycles. The lowest BCUT2D eigenvalue weighted by molar-refractivity contribution is 0.409. The minimum absolute atomic E-state index is 0.498. The number of hydrogen-bond donors (Lipinski definition) is 0. The van der Waals surface area contributed by atoms with Crippen LogP contribution in [0.2, 0.25) is 5.15 Å². The van der Waals surface area contributed by atoms with Crippen LogP contribution in [-0.4, -0.2) is 48.1 Å². The Morgan fingerprint density at radius 1 is 1.53 bits per heavy atom. The van der Waals surface area contributed by atoms with Crippen molar-refractivity contribution < 1.29 is 0 Å². The maximum absolute atomic E-state index is 5.84. The molecular weight excluding hydrogens is 212 g/mol. The number of rotatable bonds is 2. The highest BCUT2D eigenvalue weighted by atomic mass is 35.5. The Morgan fingerprint density at radius 2 is 2.33 bits per heavy atom. The quantitative estimate of drug-likeness (QED) is 0.711. The molecule has 1 unspecified atom stereocenters. The second-order valence-corrected chi connectivity index (χ2v) is 4.40. The first-order chi connectivity index (χ1) is 7.16. The number of aromatic nitrogens is 2. The Balaban J connectivity index is 2.10. The number of halogens is 1. The molecule has 0 bridgehead atoms. The average Bonchev–Trinajstić information content (AvgIpc) is 2.64. The molecule has 82 valence electrons. The molecule has 1 atom stereocenters. The van der Waals surface area contributed by atoms with Gasteiger partial charge in [0.1, 0.15) is 17.3 Å². The van der Waals surface area contributed by atoms with E-state index in [0.717, 1.165) is 18.9 Å². The SMILES string of the molecule is CN1CCC(N(C)c2cc(Cl)ncn2)C1.